The van der Waals surface area contributed by atoms with Gasteiger partial charge in [0.2, 0.25) is 11.9 Å². The first-order valence-electron chi connectivity index (χ1n) is 6.83. The molecule has 18 heavy (non-hydrogen) atoms. The van der Waals surface area contributed by atoms with Crippen LogP contribution in [0.2, 0.25) is 0 Å². The van der Waals surface area contributed by atoms with Crippen LogP contribution in [0.4, 0.5) is 11.9 Å². The summed E-state index contributed by atoms with van der Waals surface area (Å²) >= 11 is 0. The van der Waals surface area contributed by atoms with Gasteiger partial charge in [-0.25, -0.2) is 9.97 Å². The SMILES string of the molecule is c1nc(N2CCCCC2)nc(N2CCNCC2)n1. The molecule has 2 aliphatic rings. The standard InChI is InChI=1S/C12H20N6/c1-2-6-17(7-3-1)11-14-10-15-12(16-11)18-8-4-13-5-9-18/h10,13H,1-9H2. The first kappa shape index (κ1) is 11.6. The van der Waals surface area contributed by atoms with Gasteiger partial charge >= 0.3 is 0 Å². The molecule has 6 nitrogen and oxygen atoms in total. The van der Waals surface area contributed by atoms with E-state index in [-0.39, 0.29) is 0 Å². The van der Waals surface area contributed by atoms with Crippen LogP contribution in [0.3, 0.4) is 0 Å². The predicted molar refractivity (Wildman–Crippen MR) is 71.0 cm³/mol. The van der Waals surface area contributed by atoms with Crippen molar-refractivity contribution in [1.82, 2.24) is 20.3 Å². The zero-order chi connectivity index (χ0) is 12.2. The largest absolute Gasteiger partial charge is 0.341 e. The smallest absolute Gasteiger partial charge is 0.230 e. The van der Waals surface area contributed by atoms with E-state index in [1.165, 1.54) is 19.3 Å². The molecule has 3 heterocycles. The number of hydrogen-bond donors (Lipinski definition) is 1. The topological polar surface area (TPSA) is 57.2 Å². The lowest BCUT2D eigenvalue weighted by Crippen LogP contribution is -2.44. The molecule has 3 rings (SSSR count). The van der Waals surface area contributed by atoms with Crippen molar-refractivity contribution >= 4 is 11.9 Å². The van der Waals surface area contributed by atoms with Gasteiger partial charge in [-0.2, -0.15) is 4.98 Å². The summed E-state index contributed by atoms with van der Waals surface area (Å²) < 4.78 is 0. The summed E-state index contributed by atoms with van der Waals surface area (Å²) in [5, 5.41) is 3.34. The van der Waals surface area contributed by atoms with Crippen LogP contribution < -0.4 is 15.1 Å². The Labute approximate surface area is 107 Å². The molecule has 1 aromatic heterocycles. The highest BCUT2D eigenvalue weighted by Crippen LogP contribution is 2.17. The van der Waals surface area contributed by atoms with E-state index in [1.807, 2.05) is 0 Å². The molecule has 0 saturated carbocycles. The van der Waals surface area contributed by atoms with E-state index in [4.69, 9.17) is 0 Å². The average Bonchev–Trinajstić information content (AvgIpc) is 2.49. The minimum atomic E-state index is 0.826. The summed E-state index contributed by atoms with van der Waals surface area (Å²) in [4.78, 5) is 17.8. The van der Waals surface area contributed by atoms with Gasteiger partial charge in [-0.05, 0) is 19.3 Å². The summed E-state index contributed by atoms with van der Waals surface area (Å²) in [5.41, 5.74) is 0. The van der Waals surface area contributed by atoms with Gasteiger partial charge in [0.15, 0.2) is 0 Å². The van der Waals surface area contributed by atoms with Gasteiger partial charge < -0.3 is 15.1 Å². The first-order chi connectivity index (χ1) is 8.93. The lowest BCUT2D eigenvalue weighted by molar-refractivity contribution is 0.560. The van der Waals surface area contributed by atoms with Gasteiger partial charge in [0.1, 0.15) is 6.33 Å². The molecule has 1 aromatic rings. The van der Waals surface area contributed by atoms with Gasteiger partial charge in [0.25, 0.3) is 0 Å². The fraction of sp³-hybridized carbons (Fsp3) is 0.750. The lowest BCUT2D eigenvalue weighted by atomic mass is 10.1. The normalized spacial score (nSPS) is 21.1. The summed E-state index contributed by atoms with van der Waals surface area (Å²) in [6.45, 7) is 6.11. The van der Waals surface area contributed by atoms with Gasteiger partial charge in [0.05, 0.1) is 0 Å². The fourth-order valence-corrected chi connectivity index (χ4v) is 2.54. The van der Waals surface area contributed by atoms with E-state index >= 15 is 0 Å². The average molecular weight is 248 g/mol. The molecule has 2 saturated heterocycles. The second kappa shape index (κ2) is 5.48. The van der Waals surface area contributed by atoms with Crippen molar-refractivity contribution in [3.05, 3.63) is 6.33 Å². The maximum absolute atomic E-state index is 4.62. The Morgan fingerprint density at radius 2 is 1.44 bits per heavy atom. The molecule has 0 bridgehead atoms. The number of piperazine rings is 1. The Balaban J connectivity index is 1.75. The van der Waals surface area contributed by atoms with E-state index < -0.39 is 0 Å². The molecule has 6 heteroatoms. The molecule has 1 N–H and O–H groups in total. The Kier molecular flexibility index (Phi) is 3.54. The van der Waals surface area contributed by atoms with Crippen molar-refractivity contribution in [3.8, 4) is 0 Å². The molecular formula is C12H20N6. The van der Waals surface area contributed by atoms with Crippen molar-refractivity contribution in [2.24, 2.45) is 0 Å². The van der Waals surface area contributed by atoms with Crippen molar-refractivity contribution in [2.75, 3.05) is 49.1 Å². The Morgan fingerprint density at radius 3 is 2.11 bits per heavy atom. The molecule has 0 aliphatic carbocycles. The number of rotatable bonds is 2. The van der Waals surface area contributed by atoms with Gasteiger partial charge in [0, 0.05) is 39.3 Å². The van der Waals surface area contributed by atoms with E-state index in [9.17, 15) is 0 Å². The summed E-state index contributed by atoms with van der Waals surface area (Å²) in [7, 11) is 0. The van der Waals surface area contributed by atoms with Crippen molar-refractivity contribution < 1.29 is 0 Å². The number of anilines is 2. The zero-order valence-electron chi connectivity index (χ0n) is 10.7. The number of aromatic nitrogens is 3. The predicted octanol–water partition coefficient (Wildman–Crippen LogP) is 0.272. The zero-order valence-corrected chi connectivity index (χ0v) is 10.7. The third kappa shape index (κ3) is 2.53. The minimum absolute atomic E-state index is 0.826. The van der Waals surface area contributed by atoms with Crippen LogP contribution >= 0.6 is 0 Å². The minimum Gasteiger partial charge on any atom is -0.341 e. The van der Waals surface area contributed by atoms with E-state index in [0.717, 1.165) is 51.2 Å². The molecule has 0 atom stereocenters. The van der Waals surface area contributed by atoms with Crippen LogP contribution in [0.1, 0.15) is 19.3 Å². The molecule has 0 aromatic carbocycles. The van der Waals surface area contributed by atoms with Crippen molar-refractivity contribution in [2.45, 2.75) is 19.3 Å². The molecule has 0 amide bonds. The van der Waals surface area contributed by atoms with Crippen LogP contribution in [-0.4, -0.2) is 54.2 Å². The van der Waals surface area contributed by atoms with E-state index in [0.29, 0.717) is 0 Å². The summed E-state index contributed by atoms with van der Waals surface area (Å²) in [5.74, 6) is 1.67. The Bertz CT molecular complexity index is 351. The highest BCUT2D eigenvalue weighted by molar-refractivity contribution is 5.38. The quantitative estimate of drug-likeness (QED) is 0.811. The number of hydrogen-bond acceptors (Lipinski definition) is 6. The van der Waals surface area contributed by atoms with Gasteiger partial charge in [-0.15, -0.1) is 0 Å². The maximum Gasteiger partial charge on any atom is 0.230 e. The molecule has 2 aliphatic heterocycles. The Morgan fingerprint density at radius 1 is 0.833 bits per heavy atom. The van der Waals surface area contributed by atoms with Gasteiger partial charge in [-0.3, -0.25) is 0 Å². The van der Waals surface area contributed by atoms with Crippen LogP contribution in [-0.2, 0) is 0 Å². The van der Waals surface area contributed by atoms with Crippen LogP contribution in [0.25, 0.3) is 0 Å². The first-order valence-corrected chi connectivity index (χ1v) is 6.83. The van der Waals surface area contributed by atoms with Crippen molar-refractivity contribution in [1.29, 1.82) is 0 Å². The molecular weight excluding hydrogens is 228 g/mol. The Hall–Kier alpha value is -1.43. The summed E-state index contributed by atoms with van der Waals surface area (Å²) in [6.07, 6.45) is 5.46. The second-order valence-corrected chi connectivity index (χ2v) is 4.87. The van der Waals surface area contributed by atoms with E-state index in [1.54, 1.807) is 6.33 Å². The number of piperidine rings is 1. The molecule has 2 fully saturated rings. The molecule has 0 unspecified atom stereocenters. The third-order valence-electron chi connectivity index (χ3n) is 3.59. The summed E-state index contributed by atoms with van der Waals surface area (Å²) in [6, 6.07) is 0. The van der Waals surface area contributed by atoms with Gasteiger partial charge in [-0.1, -0.05) is 0 Å². The monoisotopic (exact) mass is 248 g/mol. The molecule has 0 spiro atoms. The molecule has 98 valence electrons. The van der Waals surface area contributed by atoms with Crippen molar-refractivity contribution in [3.63, 3.8) is 0 Å². The third-order valence-corrected chi connectivity index (χ3v) is 3.59. The lowest BCUT2D eigenvalue weighted by Gasteiger charge is -2.29. The highest BCUT2D eigenvalue weighted by Gasteiger charge is 2.17. The fourth-order valence-electron chi connectivity index (χ4n) is 2.54. The van der Waals surface area contributed by atoms with E-state index in [2.05, 4.69) is 30.1 Å². The molecule has 0 radical (unpaired) electrons. The highest BCUT2D eigenvalue weighted by atomic mass is 15.3. The maximum atomic E-state index is 4.62. The number of nitrogens with zero attached hydrogens (tertiary/aromatic N) is 5. The van der Waals surface area contributed by atoms with Crippen LogP contribution in [0.5, 0.6) is 0 Å². The van der Waals surface area contributed by atoms with Crippen LogP contribution in [0, 0.1) is 0 Å². The number of nitrogens with one attached hydrogen (secondary N) is 1. The van der Waals surface area contributed by atoms with Crippen LogP contribution in [0.15, 0.2) is 6.33 Å². The second-order valence-electron chi connectivity index (χ2n) is 4.87.